The summed E-state index contributed by atoms with van der Waals surface area (Å²) in [7, 11) is 0. The average molecular weight is 333 g/mol. The van der Waals surface area contributed by atoms with Gasteiger partial charge in [-0.25, -0.2) is 0 Å². The Morgan fingerprint density at radius 2 is 1.75 bits per heavy atom. The van der Waals surface area contributed by atoms with Gasteiger partial charge in [0.05, 0.1) is 6.04 Å². The molecule has 2 aliphatic carbocycles. The summed E-state index contributed by atoms with van der Waals surface area (Å²) in [5.41, 5.74) is 5.55. The smallest absolute Gasteiger partial charge is 0.234 e. The van der Waals surface area contributed by atoms with E-state index in [0.717, 1.165) is 63.6 Å². The van der Waals surface area contributed by atoms with Gasteiger partial charge in [0.15, 0.2) is 0 Å². The zero-order chi connectivity index (χ0) is 16.7. The maximum atomic E-state index is 12.7. The van der Waals surface area contributed by atoms with Crippen molar-refractivity contribution in [1.29, 1.82) is 0 Å². The van der Waals surface area contributed by atoms with Crippen molar-refractivity contribution in [2.75, 3.05) is 19.6 Å². The van der Waals surface area contributed by atoms with Crippen molar-refractivity contribution in [2.24, 2.45) is 23.5 Å². The second-order valence-corrected chi connectivity index (χ2v) is 8.55. The number of primary amides is 1. The third kappa shape index (κ3) is 3.07. The third-order valence-corrected chi connectivity index (χ3v) is 7.23. The maximum absolute atomic E-state index is 12.7. The molecular formula is C19H31N3O2. The molecule has 2 N–H and O–H groups in total. The van der Waals surface area contributed by atoms with Crippen molar-refractivity contribution in [1.82, 2.24) is 9.80 Å². The largest absolute Gasteiger partial charge is 0.368 e. The molecule has 2 bridgehead atoms. The van der Waals surface area contributed by atoms with Gasteiger partial charge in [-0.3, -0.25) is 14.5 Å². The van der Waals surface area contributed by atoms with Gasteiger partial charge in [-0.15, -0.1) is 0 Å². The summed E-state index contributed by atoms with van der Waals surface area (Å²) in [6, 6.07) is 0.350. The lowest BCUT2D eigenvalue weighted by Gasteiger charge is -2.39. The Bertz CT molecular complexity index is 501. The fourth-order valence-corrected chi connectivity index (χ4v) is 5.96. The molecule has 4 rings (SSSR count). The van der Waals surface area contributed by atoms with Gasteiger partial charge in [-0.2, -0.15) is 0 Å². The molecule has 5 heteroatoms. The van der Waals surface area contributed by atoms with Crippen molar-refractivity contribution in [3.8, 4) is 0 Å². The summed E-state index contributed by atoms with van der Waals surface area (Å²) in [6.07, 6.45) is 10.2. The monoisotopic (exact) mass is 333 g/mol. The topological polar surface area (TPSA) is 66.6 Å². The van der Waals surface area contributed by atoms with E-state index in [2.05, 4.69) is 9.80 Å². The Labute approximate surface area is 144 Å². The highest BCUT2D eigenvalue weighted by Crippen LogP contribution is 2.49. The molecule has 2 amide bonds. The SMILES string of the molecule is NC(=O)C1CCCN1C1CCN(C(=O)CC2CC3CCC2C3)CC1. The summed E-state index contributed by atoms with van der Waals surface area (Å²) in [5.74, 6) is 2.60. The van der Waals surface area contributed by atoms with E-state index in [1.54, 1.807) is 0 Å². The van der Waals surface area contributed by atoms with Gasteiger partial charge < -0.3 is 10.6 Å². The van der Waals surface area contributed by atoms with Gasteiger partial charge in [0.1, 0.15) is 0 Å². The van der Waals surface area contributed by atoms with Gasteiger partial charge in [-0.1, -0.05) is 6.42 Å². The molecule has 4 aliphatic rings. The average Bonchev–Trinajstić information content (AvgIpc) is 3.31. The van der Waals surface area contributed by atoms with Crippen LogP contribution in [0, 0.1) is 17.8 Å². The van der Waals surface area contributed by atoms with E-state index >= 15 is 0 Å². The van der Waals surface area contributed by atoms with Gasteiger partial charge in [0, 0.05) is 25.6 Å². The van der Waals surface area contributed by atoms with Gasteiger partial charge in [-0.05, 0) is 69.2 Å². The highest BCUT2D eigenvalue weighted by atomic mass is 16.2. The number of rotatable bonds is 4. The van der Waals surface area contributed by atoms with Crippen LogP contribution in [-0.2, 0) is 9.59 Å². The Morgan fingerprint density at radius 3 is 2.38 bits per heavy atom. The molecule has 0 spiro atoms. The second-order valence-electron chi connectivity index (χ2n) is 8.55. The van der Waals surface area contributed by atoms with Gasteiger partial charge in [0.2, 0.25) is 11.8 Å². The van der Waals surface area contributed by atoms with Gasteiger partial charge >= 0.3 is 0 Å². The molecule has 0 aromatic rings. The van der Waals surface area contributed by atoms with E-state index < -0.39 is 0 Å². The Hall–Kier alpha value is -1.10. The molecule has 0 radical (unpaired) electrons. The fraction of sp³-hybridized carbons (Fsp3) is 0.895. The summed E-state index contributed by atoms with van der Waals surface area (Å²) < 4.78 is 0. The zero-order valence-corrected chi connectivity index (χ0v) is 14.7. The molecule has 0 aromatic carbocycles. The van der Waals surface area contributed by atoms with Crippen LogP contribution >= 0.6 is 0 Å². The fourth-order valence-electron chi connectivity index (χ4n) is 5.96. The number of hydrogen-bond donors (Lipinski definition) is 1. The molecule has 2 saturated carbocycles. The molecule has 5 nitrogen and oxygen atoms in total. The Morgan fingerprint density at radius 1 is 0.958 bits per heavy atom. The quantitative estimate of drug-likeness (QED) is 0.852. The molecule has 24 heavy (non-hydrogen) atoms. The van der Waals surface area contributed by atoms with Crippen molar-refractivity contribution < 1.29 is 9.59 Å². The molecular weight excluding hydrogens is 302 g/mol. The second kappa shape index (κ2) is 6.66. The van der Waals surface area contributed by atoms with E-state index in [4.69, 9.17) is 5.73 Å². The first-order valence-electron chi connectivity index (χ1n) is 9.94. The third-order valence-electron chi connectivity index (χ3n) is 7.23. The first-order chi connectivity index (χ1) is 11.6. The number of nitrogens with two attached hydrogens (primary N) is 1. The summed E-state index contributed by atoms with van der Waals surface area (Å²) in [5, 5.41) is 0. The highest BCUT2D eigenvalue weighted by Gasteiger charge is 2.41. The Balaban J connectivity index is 1.27. The van der Waals surface area contributed by atoms with Crippen LogP contribution in [0.1, 0.15) is 57.8 Å². The molecule has 2 saturated heterocycles. The van der Waals surface area contributed by atoms with Crippen molar-refractivity contribution >= 4 is 11.8 Å². The summed E-state index contributed by atoms with van der Waals surface area (Å²) in [6.45, 7) is 2.69. The van der Waals surface area contributed by atoms with E-state index in [0.29, 0.717) is 17.9 Å². The van der Waals surface area contributed by atoms with Crippen molar-refractivity contribution in [3.63, 3.8) is 0 Å². The molecule has 2 aliphatic heterocycles. The minimum atomic E-state index is -0.178. The van der Waals surface area contributed by atoms with Crippen LogP contribution in [0.25, 0.3) is 0 Å². The number of piperidine rings is 1. The van der Waals surface area contributed by atoms with Crippen LogP contribution in [0.2, 0.25) is 0 Å². The van der Waals surface area contributed by atoms with Crippen molar-refractivity contribution in [3.05, 3.63) is 0 Å². The lowest BCUT2D eigenvalue weighted by molar-refractivity contribution is -0.135. The molecule has 0 aromatic heterocycles. The standard InChI is InChI=1S/C19H31N3O2/c20-19(24)17-2-1-7-22(17)16-5-8-21(9-6-16)18(23)12-15-11-13-3-4-14(15)10-13/h13-17H,1-12H2,(H2,20,24). The number of amides is 2. The van der Waals surface area contributed by atoms with Crippen molar-refractivity contribution in [2.45, 2.75) is 69.9 Å². The molecule has 2 heterocycles. The number of hydrogen-bond acceptors (Lipinski definition) is 3. The minimum absolute atomic E-state index is 0.0775. The van der Waals surface area contributed by atoms with Crippen LogP contribution in [0.5, 0.6) is 0 Å². The molecule has 4 fully saturated rings. The number of likely N-dealkylation sites (tertiary alicyclic amines) is 2. The predicted molar refractivity (Wildman–Crippen MR) is 92.1 cm³/mol. The number of carbonyl (C=O) groups is 2. The molecule has 134 valence electrons. The van der Waals surface area contributed by atoms with E-state index in [1.807, 2.05) is 0 Å². The van der Waals surface area contributed by atoms with Crippen LogP contribution in [0.15, 0.2) is 0 Å². The van der Waals surface area contributed by atoms with E-state index in [9.17, 15) is 9.59 Å². The zero-order valence-electron chi connectivity index (χ0n) is 14.7. The minimum Gasteiger partial charge on any atom is -0.368 e. The van der Waals surface area contributed by atoms with E-state index in [-0.39, 0.29) is 11.9 Å². The lowest BCUT2D eigenvalue weighted by atomic mass is 9.86. The summed E-state index contributed by atoms with van der Waals surface area (Å²) >= 11 is 0. The lowest BCUT2D eigenvalue weighted by Crippen LogP contribution is -2.51. The van der Waals surface area contributed by atoms with Gasteiger partial charge in [0.25, 0.3) is 0 Å². The predicted octanol–water partition coefficient (Wildman–Crippen LogP) is 1.75. The normalized spacial score (nSPS) is 37.2. The Kier molecular flexibility index (Phi) is 4.54. The first-order valence-corrected chi connectivity index (χ1v) is 9.94. The van der Waals surface area contributed by atoms with Crippen LogP contribution in [0.4, 0.5) is 0 Å². The van der Waals surface area contributed by atoms with Crippen LogP contribution in [0.3, 0.4) is 0 Å². The highest BCUT2D eigenvalue weighted by molar-refractivity contribution is 5.80. The maximum Gasteiger partial charge on any atom is 0.234 e. The van der Waals surface area contributed by atoms with Crippen LogP contribution in [-0.4, -0.2) is 53.3 Å². The first kappa shape index (κ1) is 16.4. The molecule has 4 unspecified atom stereocenters. The summed E-state index contributed by atoms with van der Waals surface area (Å²) in [4.78, 5) is 28.7. The number of nitrogens with zero attached hydrogens (tertiary/aromatic N) is 2. The number of carbonyl (C=O) groups excluding carboxylic acids is 2. The van der Waals surface area contributed by atoms with E-state index in [1.165, 1.54) is 25.7 Å². The number of fused-ring (bicyclic) bond motifs is 2. The molecule has 4 atom stereocenters. The van der Waals surface area contributed by atoms with Crippen LogP contribution < -0.4 is 5.73 Å².